The molecule has 160 valence electrons. The fraction of sp³-hybridized carbons (Fsp3) is 0.375. The van der Waals surface area contributed by atoms with Crippen LogP contribution < -0.4 is 10.1 Å². The van der Waals surface area contributed by atoms with Gasteiger partial charge in [-0.25, -0.2) is 0 Å². The highest BCUT2D eigenvalue weighted by Gasteiger charge is 2.20. The Kier molecular flexibility index (Phi) is 7.75. The number of benzene rings is 2. The highest BCUT2D eigenvalue weighted by atomic mass is 16.5. The van der Waals surface area contributed by atoms with Gasteiger partial charge in [0.05, 0.1) is 13.5 Å². The largest absolute Gasteiger partial charge is 0.497 e. The van der Waals surface area contributed by atoms with Crippen LogP contribution in [0.2, 0.25) is 0 Å². The number of ketones is 1. The van der Waals surface area contributed by atoms with Crippen LogP contribution in [0.25, 0.3) is 0 Å². The molecule has 1 N–H and O–H groups in total. The first kappa shape index (κ1) is 23.1. The van der Waals surface area contributed by atoms with Crippen molar-refractivity contribution in [2.24, 2.45) is 0 Å². The van der Waals surface area contributed by atoms with E-state index in [1.807, 2.05) is 12.1 Å². The van der Waals surface area contributed by atoms with E-state index in [0.717, 1.165) is 5.56 Å². The second-order valence-electron chi connectivity index (χ2n) is 8.06. The SMILES string of the molecule is COc1ccc(C(=O)[C@H](C)OC(=O)CCNC(=O)c2ccc(C(C)(C)C)cc2)cc1. The minimum atomic E-state index is -0.911. The minimum Gasteiger partial charge on any atom is -0.497 e. The summed E-state index contributed by atoms with van der Waals surface area (Å²) in [7, 11) is 1.54. The van der Waals surface area contributed by atoms with Crippen LogP contribution in [0.3, 0.4) is 0 Å². The van der Waals surface area contributed by atoms with Gasteiger partial charge in [0.1, 0.15) is 5.75 Å². The van der Waals surface area contributed by atoms with Gasteiger partial charge >= 0.3 is 5.97 Å². The Morgan fingerprint density at radius 1 is 0.933 bits per heavy atom. The number of ether oxygens (including phenoxy) is 2. The van der Waals surface area contributed by atoms with Crippen molar-refractivity contribution in [2.45, 2.75) is 45.6 Å². The maximum atomic E-state index is 12.4. The number of carbonyl (C=O) groups excluding carboxylic acids is 3. The number of esters is 1. The Bertz CT molecular complexity index is 879. The summed E-state index contributed by atoms with van der Waals surface area (Å²) in [5.41, 5.74) is 2.11. The summed E-state index contributed by atoms with van der Waals surface area (Å²) in [6, 6.07) is 14.0. The summed E-state index contributed by atoms with van der Waals surface area (Å²) < 4.78 is 10.3. The molecule has 0 heterocycles. The van der Waals surface area contributed by atoms with E-state index in [2.05, 4.69) is 26.1 Å². The van der Waals surface area contributed by atoms with E-state index in [1.54, 1.807) is 43.5 Å². The number of nitrogens with one attached hydrogen (secondary N) is 1. The zero-order valence-corrected chi connectivity index (χ0v) is 18.2. The lowest BCUT2D eigenvalue weighted by Gasteiger charge is -2.19. The average molecular weight is 411 g/mol. The van der Waals surface area contributed by atoms with Gasteiger partial charge in [0, 0.05) is 17.7 Å². The van der Waals surface area contributed by atoms with Gasteiger partial charge in [-0.15, -0.1) is 0 Å². The van der Waals surface area contributed by atoms with Crippen molar-refractivity contribution in [3.05, 3.63) is 65.2 Å². The third-order valence-corrected chi connectivity index (χ3v) is 4.68. The van der Waals surface area contributed by atoms with Crippen LogP contribution in [-0.2, 0) is 14.9 Å². The van der Waals surface area contributed by atoms with Crippen molar-refractivity contribution in [2.75, 3.05) is 13.7 Å². The molecule has 0 aromatic heterocycles. The molecule has 0 saturated carbocycles. The van der Waals surface area contributed by atoms with Gasteiger partial charge in [0.15, 0.2) is 6.10 Å². The van der Waals surface area contributed by atoms with E-state index < -0.39 is 12.1 Å². The van der Waals surface area contributed by atoms with Crippen molar-refractivity contribution >= 4 is 17.7 Å². The third-order valence-electron chi connectivity index (χ3n) is 4.68. The summed E-state index contributed by atoms with van der Waals surface area (Å²) in [5, 5.41) is 2.70. The van der Waals surface area contributed by atoms with Crippen molar-refractivity contribution in [3.8, 4) is 5.75 Å². The van der Waals surface area contributed by atoms with Crippen molar-refractivity contribution in [1.29, 1.82) is 0 Å². The fourth-order valence-electron chi connectivity index (χ4n) is 2.80. The average Bonchev–Trinajstić information content (AvgIpc) is 2.72. The van der Waals surface area contributed by atoms with Gasteiger partial charge in [-0.3, -0.25) is 14.4 Å². The molecule has 0 fully saturated rings. The lowest BCUT2D eigenvalue weighted by molar-refractivity contribution is -0.146. The molecule has 0 saturated heterocycles. The molecular formula is C24H29NO5. The normalized spacial score (nSPS) is 12.0. The Morgan fingerprint density at radius 3 is 2.03 bits per heavy atom. The molecule has 0 aliphatic rings. The van der Waals surface area contributed by atoms with Crippen LogP contribution in [0, 0.1) is 0 Å². The van der Waals surface area contributed by atoms with Gasteiger partial charge in [-0.05, 0) is 54.3 Å². The summed E-state index contributed by atoms with van der Waals surface area (Å²) in [6.07, 6.45) is -0.932. The second kappa shape index (κ2) is 10.1. The number of rotatable bonds is 8. The first-order valence-corrected chi connectivity index (χ1v) is 9.88. The van der Waals surface area contributed by atoms with Gasteiger partial charge < -0.3 is 14.8 Å². The third kappa shape index (κ3) is 6.44. The summed E-state index contributed by atoms with van der Waals surface area (Å²) in [6.45, 7) is 7.97. The maximum absolute atomic E-state index is 12.4. The van der Waals surface area contributed by atoms with Crippen molar-refractivity contribution < 1.29 is 23.9 Å². The zero-order chi connectivity index (χ0) is 22.3. The highest BCUT2D eigenvalue weighted by molar-refractivity contribution is 6.00. The first-order valence-electron chi connectivity index (χ1n) is 9.88. The Hall–Kier alpha value is -3.15. The molecule has 0 radical (unpaired) electrons. The van der Waals surface area contributed by atoms with Crippen LogP contribution in [0.1, 0.15) is 60.4 Å². The Morgan fingerprint density at radius 2 is 1.50 bits per heavy atom. The zero-order valence-electron chi connectivity index (χ0n) is 18.2. The van der Waals surface area contributed by atoms with Gasteiger partial charge in [0.2, 0.25) is 5.78 Å². The molecule has 0 aliphatic heterocycles. The lowest BCUT2D eigenvalue weighted by Crippen LogP contribution is -2.29. The van der Waals surface area contributed by atoms with Gasteiger partial charge in [-0.1, -0.05) is 32.9 Å². The van der Waals surface area contributed by atoms with Crippen molar-refractivity contribution in [3.63, 3.8) is 0 Å². The van der Waals surface area contributed by atoms with Gasteiger partial charge in [0.25, 0.3) is 5.91 Å². The molecule has 2 aromatic rings. The number of Topliss-reactive ketones (excluding diaryl/α,β-unsaturated/α-hetero) is 1. The molecule has 6 heteroatoms. The smallest absolute Gasteiger partial charge is 0.308 e. The van der Waals surface area contributed by atoms with E-state index in [-0.39, 0.29) is 30.1 Å². The minimum absolute atomic E-state index is 0.0126. The molecule has 1 atom stereocenters. The van der Waals surface area contributed by atoms with Crippen LogP contribution in [-0.4, -0.2) is 37.4 Å². The van der Waals surface area contributed by atoms with Crippen LogP contribution in [0.15, 0.2) is 48.5 Å². The highest BCUT2D eigenvalue weighted by Crippen LogP contribution is 2.22. The second-order valence-corrected chi connectivity index (χ2v) is 8.06. The Labute approximate surface area is 177 Å². The van der Waals surface area contributed by atoms with Gasteiger partial charge in [-0.2, -0.15) is 0 Å². The number of amides is 1. The maximum Gasteiger partial charge on any atom is 0.308 e. The predicted molar refractivity (Wildman–Crippen MR) is 115 cm³/mol. The molecule has 2 aromatic carbocycles. The first-order chi connectivity index (χ1) is 14.1. The lowest BCUT2D eigenvalue weighted by atomic mass is 9.87. The predicted octanol–water partition coefficient (Wildman–Crippen LogP) is 3.93. The summed E-state index contributed by atoms with van der Waals surface area (Å²) in [5.74, 6) is -0.465. The van der Waals surface area contributed by atoms with E-state index in [9.17, 15) is 14.4 Å². The number of hydrogen-bond donors (Lipinski definition) is 1. The molecular weight excluding hydrogens is 382 g/mol. The van der Waals surface area contributed by atoms with E-state index >= 15 is 0 Å². The topological polar surface area (TPSA) is 81.7 Å². The molecule has 0 bridgehead atoms. The Balaban J connectivity index is 1.79. The van der Waals surface area contributed by atoms with E-state index in [1.165, 1.54) is 6.92 Å². The molecule has 0 unspecified atom stereocenters. The monoisotopic (exact) mass is 411 g/mol. The van der Waals surface area contributed by atoms with Crippen LogP contribution >= 0.6 is 0 Å². The van der Waals surface area contributed by atoms with Crippen LogP contribution in [0.5, 0.6) is 5.75 Å². The van der Waals surface area contributed by atoms with E-state index in [0.29, 0.717) is 16.9 Å². The van der Waals surface area contributed by atoms with Crippen LogP contribution in [0.4, 0.5) is 0 Å². The molecule has 30 heavy (non-hydrogen) atoms. The summed E-state index contributed by atoms with van der Waals surface area (Å²) in [4.78, 5) is 36.6. The fourth-order valence-corrected chi connectivity index (χ4v) is 2.80. The standard InChI is InChI=1S/C24H29NO5/c1-16(22(27)17-8-12-20(29-5)13-9-17)30-21(26)14-15-25-23(28)18-6-10-19(11-7-18)24(2,3)4/h6-13,16H,14-15H2,1-5H3,(H,25,28)/t16-/m0/s1. The number of carbonyl (C=O) groups is 3. The molecule has 0 aliphatic carbocycles. The van der Waals surface area contributed by atoms with E-state index in [4.69, 9.17) is 9.47 Å². The quantitative estimate of drug-likeness (QED) is 0.526. The molecule has 1 amide bonds. The molecule has 6 nitrogen and oxygen atoms in total. The summed E-state index contributed by atoms with van der Waals surface area (Å²) >= 11 is 0. The number of hydrogen-bond acceptors (Lipinski definition) is 5. The number of methoxy groups -OCH3 is 1. The van der Waals surface area contributed by atoms with Crippen molar-refractivity contribution in [1.82, 2.24) is 5.32 Å². The molecule has 0 spiro atoms. The molecule has 2 rings (SSSR count).